The molecule has 0 aromatic carbocycles. The Balaban J connectivity index is 2.59. The van der Waals surface area contributed by atoms with Crippen molar-refractivity contribution in [3.05, 3.63) is 11.8 Å². The molecule has 0 fully saturated rings. The molecule has 1 aliphatic heterocycles. The summed E-state index contributed by atoms with van der Waals surface area (Å²) in [6.45, 7) is 2.03. The fourth-order valence-corrected chi connectivity index (χ4v) is 0.678. The van der Waals surface area contributed by atoms with E-state index in [9.17, 15) is 0 Å². The highest BCUT2D eigenvalue weighted by Crippen LogP contribution is 2.10. The predicted molar refractivity (Wildman–Crippen MR) is 31.5 cm³/mol. The third-order valence-electron chi connectivity index (χ3n) is 1.12. The third-order valence-corrected chi connectivity index (χ3v) is 1.12. The van der Waals surface area contributed by atoms with Gasteiger partial charge in [0.2, 0.25) is 0 Å². The van der Waals surface area contributed by atoms with Crippen molar-refractivity contribution >= 4 is 6.21 Å². The Kier molecular flexibility index (Phi) is 1.25. The second-order valence-electron chi connectivity index (χ2n) is 1.63. The first-order chi connectivity index (χ1) is 3.43. The van der Waals surface area contributed by atoms with E-state index in [1.807, 2.05) is 13.1 Å². The van der Waals surface area contributed by atoms with E-state index in [-0.39, 0.29) is 0 Å². The van der Waals surface area contributed by atoms with Crippen LogP contribution in [-0.2, 0) is 0 Å². The Labute approximate surface area is 43.8 Å². The predicted octanol–water partition coefficient (Wildman–Crippen LogP) is 1.75. The topological polar surface area (TPSA) is 12.4 Å². The lowest BCUT2D eigenvalue weighted by molar-refractivity contribution is 1.07. The molecule has 0 saturated carbocycles. The van der Waals surface area contributed by atoms with Crippen LogP contribution in [0.1, 0.15) is 19.8 Å². The Morgan fingerprint density at radius 1 is 1.86 bits per heavy atom. The summed E-state index contributed by atoms with van der Waals surface area (Å²) in [5.74, 6) is 0. The number of allylic oxidation sites excluding steroid dienone is 2. The van der Waals surface area contributed by atoms with Gasteiger partial charge in [0.1, 0.15) is 0 Å². The smallest absolute Gasteiger partial charge is 0.0360 e. The SMILES string of the molecule is C/C=C1\CCC=N1. The van der Waals surface area contributed by atoms with Crippen molar-refractivity contribution in [3.8, 4) is 0 Å². The second-order valence-corrected chi connectivity index (χ2v) is 1.63. The highest BCUT2D eigenvalue weighted by molar-refractivity contribution is 5.62. The molecule has 7 heavy (non-hydrogen) atoms. The van der Waals surface area contributed by atoms with E-state index >= 15 is 0 Å². The van der Waals surface area contributed by atoms with Gasteiger partial charge in [0.25, 0.3) is 0 Å². The lowest BCUT2D eigenvalue weighted by atomic mass is 10.3. The van der Waals surface area contributed by atoms with Crippen LogP contribution in [0.15, 0.2) is 16.8 Å². The monoisotopic (exact) mass is 95.1 g/mol. The number of rotatable bonds is 0. The Morgan fingerprint density at radius 3 is 3.00 bits per heavy atom. The van der Waals surface area contributed by atoms with E-state index in [2.05, 4.69) is 11.1 Å². The molecule has 0 atom stereocenters. The first-order valence-electron chi connectivity index (χ1n) is 2.61. The molecule has 0 N–H and O–H groups in total. The molecule has 0 saturated heterocycles. The molecule has 0 unspecified atom stereocenters. The molecule has 0 aromatic rings. The zero-order valence-electron chi connectivity index (χ0n) is 4.52. The normalized spacial score (nSPS) is 24.4. The Hall–Kier alpha value is -0.590. The lowest BCUT2D eigenvalue weighted by Gasteiger charge is -1.82. The largest absolute Gasteiger partial charge is 0.266 e. The van der Waals surface area contributed by atoms with Crippen LogP contribution in [0.2, 0.25) is 0 Å². The number of hydrogen-bond donors (Lipinski definition) is 0. The van der Waals surface area contributed by atoms with Crippen LogP contribution in [-0.4, -0.2) is 6.21 Å². The summed E-state index contributed by atoms with van der Waals surface area (Å²) in [4.78, 5) is 4.09. The molecule has 0 aromatic heterocycles. The summed E-state index contributed by atoms with van der Waals surface area (Å²) in [6, 6.07) is 0. The van der Waals surface area contributed by atoms with Crippen LogP contribution < -0.4 is 0 Å². The molecule has 1 heterocycles. The van der Waals surface area contributed by atoms with Crippen LogP contribution in [0.3, 0.4) is 0 Å². The summed E-state index contributed by atoms with van der Waals surface area (Å²) >= 11 is 0. The molecule has 0 bridgehead atoms. The second kappa shape index (κ2) is 1.92. The molecule has 1 aliphatic rings. The molecule has 0 amide bonds. The van der Waals surface area contributed by atoms with Gasteiger partial charge in [0.05, 0.1) is 0 Å². The highest BCUT2D eigenvalue weighted by atomic mass is 14.7. The quantitative estimate of drug-likeness (QED) is 0.434. The maximum Gasteiger partial charge on any atom is 0.0360 e. The maximum absolute atomic E-state index is 4.09. The molecular formula is C6H9N. The summed E-state index contributed by atoms with van der Waals surface area (Å²) in [6.07, 6.45) is 6.31. The van der Waals surface area contributed by atoms with E-state index in [1.54, 1.807) is 0 Å². The average molecular weight is 95.1 g/mol. The van der Waals surface area contributed by atoms with Gasteiger partial charge in [-0.1, -0.05) is 6.08 Å². The van der Waals surface area contributed by atoms with Crippen molar-refractivity contribution in [1.82, 2.24) is 0 Å². The zero-order valence-corrected chi connectivity index (χ0v) is 4.52. The lowest BCUT2D eigenvalue weighted by Crippen LogP contribution is -1.64. The number of hydrogen-bond acceptors (Lipinski definition) is 1. The summed E-state index contributed by atoms with van der Waals surface area (Å²) in [5.41, 5.74) is 1.24. The average Bonchev–Trinajstić information content (AvgIpc) is 2.14. The van der Waals surface area contributed by atoms with Crippen LogP contribution in [0.5, 0.6) is 0 Å². The van der Waals surface area contributed by atoms with Crippen molar-refractivity contribution in [2.24, 2.45) is 4.99 Å². The molecule has 1 rings (SSSR count). The first kappa shape index (κ1) is 4.57. The fourth-order valence-electron chi connectivity index (χ4n) is 0.678. The Morgan fingerprint density at radius 2 is 2.71 bits per heavy atom. The van der Waals surface area contributed by atoms with Crippen LogP contribution >= 0.6 is 0 Å². The van der Waals surface area contributed by atoms with E-state index in [1.165, 1.54) is 5.70 Å². The van der Waals surface area contributed by atoms with Crippen LogP contribution in [0, 0.1) is 0 Å². The molecule has 0 radical (unpaired) electrons. The van der Waals surface area contributed by atoms with Crippen molar-refractivity contribution in [1.29, 1.82) is 0 Å². The first-order valence-corrected chi connectivity index (χ1v) is 2.61. The molecule has 1 nitrogen and oxygen atoms in total. The Bertz CT molecular complexity index is 109. The van der Waals surface area contributed by atoms with Gasteiger partial charge in [-0.25, -0.2) is 0 Å². The fraction of sp³-hybridized carbons (Fsp3) is 0.500. The highest BCUT2D eigenvalue weighted by Gasteiger charge is 1.95. The summed E-state index contributed by atoms with van der Waals surface area (Å²) in [7, 11) is 0. The van der Waals surface area contributed by atoms with Gasteiger partial charge in [-0.2, -0.15) is 0 Å². The standard InChI is InChI=1S/C6H9N/c1-2-6-4-3-5-7-6/h2,5H,3-4H2,1H3/b6-2+. The van der Waals surface area contributed by atoms with Crippen molar-refractivity contribution in [2.75, 3.05) is 0 Å². The van der Waals surface area contributed by atoms with Crippen LogP contribution in [0.4, 0.5) is 0 Å². The van der Waals surface area contributed by atoms with Gasteiger partial charge in [-0.3, -0.25) is 4.99 Å². The molecule has 1 heteroatoms. The number of nitrogens with zero attached hydrogens (tertiary/aromatic N) is 1. The summed E-state index contributed by atoms with van der Waals surface area (Å²) < 4.78 is 0. The van der Waals surface area contributed by atoms with Gasteiger partial charge < -0.3 is 0 Å². The van der Waals surface area contributed by atoms with Gasteiger partial charge in [-0.05, 0) is 19.8 Å². The molecule has 0 spiro atoms. The van der Waals surface area contributed by atoms with Gasteiger partial charge in [0, 0.05) is 11.9 Å². The molecule has 38 valence electrons. The van der Waals surface area contributed by atoms with Crippen molar-refractivity contribution in [2.45, 2.75) is 19.8 Å². The zero-order chi connectivity index (χ0) is 5.11. The minimum Gasteiger partial charge on any atom is -0.266 e. The molecular weight excluding hydrogens is 86.1 g/mol. The van der Waals surface area contributed by atoms with Gasteiger partial charge in [-0.15, -0.1) is 0 Å². The third kappa shape index (κ3) is 0.889. The van der Waals surface area contributed by atoms with E-state index in [0.717, 1.165) is 12.8 Å². The molecule has 0 aliphatic carbocycles. The minimum atomic E-state index is 1.14. The minimum absolute atomic E-state index is 1.14. The van der Waals surface area contributed by atoms with E-state index in [4.69, 9.17) is 0 Å². The van der Waals surface area contributed by atoms with Crippen molar-refractivity contribution < 1.29 is 0 Å². The number of aliphatic imine (C=N–C) groups is 1. The summed E-state index contributed by atoms with van der Waals surface area (Å²) in [5, 5.41) is 0. The van der Waals surface area contributed by atoms with E-state index < -0.39 is 0 Å². The van der Waals surface area contributed by atoms with Gasteiger partial charge >= 0.3 is 0 Å². The van der Waals surface area contributed by atoms with Crippen LogP contribution in [0.25, 0.3) is 0 Å². The van der Waals surface area contributed by atoms with Crippen molar-refractivity contribution in [3.63, 3.8) is 0 Å². The maximum atomic E-state index is 4.09. The van der Waals surface area contributed by atoms with Gasteiger partial charge in [0.15, 0.2) is 0 Å². The van der Waals surface area contributed by atoms with E-state index in [0.29, 0.717) is 0 Å².